The number of nitrogens with zero attached hydrogens (tertiary/aromatic N) is 4. The summed E-state index contributed by atoms with van der Waals surface area (Å²) in [5.74, 6) is 0. The lowest BCUT2D eigenvalue weighted by Crippen LogP contribution is -2.17. The van der Waals surface area contributed by atoms with Gasteiger partial charge in [0.1, 0.15) is 0 Å². The number of hydrogen-bond donors (Lipinski definition) is 0. The smallest absolute Gasteiger partial charge is 0.187 e. The summed E-state index contributed by atoms with van der Waals surface area (Å²) in [5.41, 5.74) is 30.1. The zero-order valence-electron chi connectivity index (χ0n) is 52.2. The fourth-order valence-corrected chi connectivity index (χ4v) is 13.8. The van der Waals surface area contributed by atoms with Gasteiger partial charge < -0.3 is 9.80 Å². The van der Waals surface area contributed by atoms with Crippen molar-refractivity contribution < 1.29 is 0 Å². The molecule has 0 aromatic heterocycles. The third-order valence-corrected chi connectivity index (χ3v) is 19.0. The van der Waals surface area contributed by atoms with E-state index in [2.05, 4.69) is 298 Å². The maximum absolute atomic E-state index is 9.63. The average molecular weight is 1130 g/mol. The van der Waals surface area contributed by atoms with Crippen LogP contribution in [-0.4, -0.2) is 0 Å². The van der Waals surface area contributed by atoms with Crippen molar-refractivity contribution in [1.82, 2.24) is 0 Å². The minimum atomic E-state index is -0.231. The Hall–Kier alpha value is -9.74. The molecule has 0 atom stereocenters. The Morgan fingerprint density at radius 3 is 0.874 bits per heavy atom. The van der Waals surface area contributed by atoms with E-state index in [0.717, 1.165) is 34.1 Å². The van der Waals surface area contributed by atoms with Crippen molar-refractivity contribution in [1.29, 1.82) is 5.26 Å². The van der Waals surface area contributed by atoms with Crippen molar-refractivity contribution in [3.8, 4) is 39.4 Å². The summed E-state index contributed by atoms with van der Waals surface area (Å²) in [4.78, 5) is 8.30. The monoisotopic (exact) mass is 1130 g/mol. The summed E-state index contributed by atoms with van der Waals surface area (Å²) in [5, 5.41) is 9.63. The van der Waals surface area contributed by atoms with Gasteiger partial charge in [0.05, 0.1) is 18.2 Å². The van der Waals surface area contributed by atoms with Gasteiger partial charge in [-0.1, -0.05) is 229 Å². The first-order valence-corrected chi connectivity index (χ1v) is 30.5. The van der Waals surface area contributed by atoms with E-state index in [0.29, 0.717) is 11.3 Å². The fraction of sp³-hybridized carbons (Fsp3) is 0.205. The molecule has 426 valence electrons. The van der Waals surface area contributed by atoms with Crippen LogP contribution in [0.4, 0.5) is 39.8 Å². The Balaban J connectivity index is 0.726. The van der Waals surface area contributed by atoms with E-state index in [1.54, 1.807) is 0 Å². The third kappa shape index (κ3) is 9.88. The molecule has 10 aromatic rings. The molecular formula is C83H74N4. The molecule has 0 unspecified atom stereocenters. The molecule has 10 aromatic carbocycles. The van der Waals surface area contributed by atoms with Gasteiger partial charge in [-0.15, -0.1) is 0 Å². The molecule has 0 saturated heterocycles. The number of hydrogen-bond acceptors (Lipinski definition) is 3. The second kappa shape index (κ2) is 20.8. The van der Waals surface area contributed by atoms with Crippen molar-refractivity contribution >= 4 is 64.1 Å². The number of fused-ring (bicyclic) bond motifs is 9. The van der Waals surface area contributed by atoms with Gasteiger partial charge in [0.25, 0.3) is 0 Å². The second-order valence-electron chi connectivity index (χ2n) is 27.8. The molecule has 0 heterocycles. The molecule has 0 saturated carbocycles. The SMILES string of the molecule is [C-]#[N+]c1ccc(N(c2ccc(C(C)(C)C)cc2)c2ccc3c(c2)C(C)(C)c2cc(C=Cc4ccc5c(c4)C(C)(C)c4cc(C=Cc6ccc7c(c6)C(C)(C)c6cc(N(c8ccc(C#N)cc8)c8ccc(C(C)(C)C)cc8)ccc6-7)ccc4-5)ccc2-3)cc1. The molecule has 3 aliphatic carbocycles. The highest BCUT2D eigenvalue weighted by Gasteiger charge is 2.39. The Labute approximate surface area is 515 Å². The molecule has 3 aliphatic rings. The minimum absolute atomic E-state index is 0.0440. The Morgan fingerprint density at radius 2 is 0.598 bits per heavy atom. The van der Waals surface area contributed by atoms with E-state index in [9.17, 15) is 5.26 Å². The Morgan fingerprint density at radius 1 is 0.345 bits per heavy atom. The second-order valence-corrected chi connectivity index (χ2v) is 27.8. The van der Waals surface area contributed by atoms with Crippen LogP contribution in [0, 0.1) is 17.9 Å². The first kappa shape index (κ1) is 56.4. The number of anilines is 6. The lowest BCUT2D eigenvalue weighted by atomic mass is 9.81. The quantitative estimate of drug-likeness (QED) is 0.101. The van der Waals surface area contributed by atoms with Gasteiger partial charge in [-0.2, -0.15) is 5.26 Å². The zero-order valence-corrected chi connectivity index (χ0v) is 52.2. The maximum atomic E-state index is 9.63. The average Bonchev–Trinajstić information content (AvgIpc) is 1.63. The van der Waals surface area contributed by atoms with E-state index < -0.39 is 0 Å². The van der Waals surface area contributed by atoms with Crippen LogP contribution >= 0.6 is 0 Å². The summed E-state index contributed by atoms with van der Waals surface area (Å²) in [6, 6.07) is 77.7. The summed E-state index contributed by atoms with van der Waals surface area (Å²) < 4.78 is 0. The van der Waals surface area contributed by atoms with Crippen LogP contribution in [0.1, 0.15) is 155 Å². The minimum Gasteiger partial charge on any atom is -0.311 e. The lowest BCUT2D eigenvalue weighted by Gasteiger charge is -2.29. The lowest BCUT2D eigenvalue weighted by molar-refractivity contribution is 0.590. The Bertz CT molecular complexity index is 4240. The van der Waals surface area contributed by atoms with E-state index in [1.807, 2.05) is 36.4 Å². The topological polar surface area (TPSA) is 34.6 Å². The predicted molar refractivity (Wildman–Crippen MR) is 368 cm³/mol. The van der Waals surface area contributed by atoms with Crippen LogP contribution in [-0.2, 0) is 27.1 Å². The molecule has 0 amide bonds. The summed E-state index contributed by atoms with van der Waals surface area (Å²) in [7, 11) is 0. The third-order valence-electron chi connectivity index (χ3n) is 19.0. The van der Waals surface area contributed by atoms with Crippen LogP contribution in [0.2, 0.25) is 0 Å². The Kier molecular flexibility index (Phi) is 13.5. The molecular weight excluding hydrogens is 1050 g/mol. The molecule has 0 aliphatic heterocycles. The normalized spacial score (nSPS) is 14.6. The van der Waals surface area contributed by atoms with Crippen LogP contribution in [0.15, 0.2) is 206 Å². The molecule has 4 heteroatoms. The summed E-state index contributed by atoms with van der Waals surface area (Å²) in [6.07, 6.45) is 9.10. The van der Waals surface area contributed by atoms with Crippen LogP contribution < -0.4 is 9.80 Å². The van der Waals surface area contributed by atoms with Gasteiger partial charge in [0, 0.05) is 50.4 Å². The maximum Gasteiger partial charge on any atom is 0.187 e. The molecule has 0 bridgehead atoms. The molecule has 0 N–H and O–H groups in total. The number of rotatable bonds is 10. The van der Waals surface area contributed by atoms with Crippen molar-refractivity contribution in [2.75, 3.05) is 9.80 Å². The van der Waals surface area contributed by atoms with Crippen molar-refractivity contribution in [3.63, 3.8) is 0 Å². The van der Waals surface area contributed by atoms with Gasteiger partial charge in [-0.3, -0.25) is 0 Å². The molecule has 0 spiro atoms. The first-order chi connectivity index (χ1) is 41.5. The molecule has 13 rings (SSSR count). The molecule has 87 heavy (non-hydrogen) atoms. The predicted octanol–water partition coefficient (Wildman–Crippen LogP) is 22.9. The van der Waals surface area contributed by atoms with Gasteiger partial charge in [-0.25, -0.2) is 4.85 Å². The molecule has 0 radical (unpaired) electrons. The number of nitriles is 1. The van der Waals surface area contributed by atoms with Crippen LogP contribution in [0.5, 0.6) is 0 Å². The van der Waals surface area contributed by atoms with Gasteiger partial charge in [0.2, 0.25) is 0 Å². The first-order valence-electron chi connectivity index (χ1n) is 30.5. The summed E-state index contributed by atoms with van der Waals surface area (Å²) >= 11 is 0. The van der Waals surface area contributed by atoms with Crippen molar-refractivity contribution in [2.45, 2.75) is 110 Å². The zero-order chi connectivity index (χ0) is 61.0. The van der Waals surface area contributed by atoms with E-state index in [1.165, 1.54) is 100 Å². The van der Waals surface area contributed by atoms with Gasteiger partial charge in [-0.05, 0) is 196 Å². The van der Waals surface area contributed by atoms with Crippen molar-refractivity contribution in [3.05, 3.63) is 290 Å². The highest BCUT2D eigenvalue weighted by Crippen LogP contribution is 2.54. The van der Waals surface area contributed by atoms with Gasteiger partial charge >= 0.3 is 0 Å². The summed E-state index contributed by atoms with van der Waals surface area (Å²) in [6.45, 7) is 35.2. The van der Waals surface area contributed by atoms with E-state index >= 15 is 0 Å². The van der Waals surface area contributed by atoms with E-state index in [4.69, 9.17) is 6.57 Å². The van der Waals surface area contributed by atoms with Gasteiger partial charge in [0.15, 0.2) is 5.69 Å². The van der Waals surface area contributed by atoms with E-state index in [-0.39, 0.29) is 27.1 Å². The van der Waals surface area contributed by atoms with Crippen LogP contribution in [0.25, 0.3) is 62.5 Å². The highest BCUT2D eigenvalue weighted by atomic mass is 15.1. The van der Waals surface area contributed by atoms with Crippen LogP contribution in [0.3, 0.4) is 0 Å². The standard InChI is InChI=1S/C83H74N4/c1-79(2,3)58-24-32-62(33-25-58)86(61-30-18-57(52-84)19-31-61)65-38-44-71-69-42-22-55(48-75(69)82(9,10)77(71)50-65)16-14-53-20-40-67-68-41-21-54(47-74(68)81(7,8)73(67)46-53)15-17-56-23-43-70-72-45-39-66(51-78(72)83(11,12)76(70)49-56)87(64-36-28-60(85-13)29-37-64)63-34-26-59(27-35-63)80(4,5)6/h14-51H,1-12H3. The fourth-order valence-electron chi connectivity index (χ4n) is 13.8. The number of benzene rings is 10. The molecule has 4 nitrogen and oxygen atoms in total. The van der Waals surface area contributed by atoms with Crippen molar-refractivity contribution in [2.24, 2.45) is 0 Å². The molecule has 0 fully saturated rings. The largest absolute Gasteiger partial charge is 0.311 e. The highest BCUT2D eigenvalue weighted by molar-refractivity contribution is 5.90.